The van der Waals surface area contributed by atoms with Crippen LogP contribution >= 0.6 is 0 Å². The minimum Gasteiger partial charge on any atom is -0.460 e. The van der Waals surface area contributed by atoms with E-state index in [1.807, 2.05) is 112 Å². The van der Waals surface area contributed by atoms with Crippen LogP contribution < -0.4 is 0 Å². The van der Waals surface area contributed by atoms with Crippen LogP contribution in [0, 0.1) is 11.8 Å². The number of hydrogen-bond donors (Lipinski definition) is 1. The Morgan fingerprint density at radius 1 is 0.632 bits per heavy atom. The smallest absolute Gasteiger partial charge is 0.311 e. The second-order valence-corrected chi connectivity index (χ2v) is 11.6. The van der Waals surface area contributed by atoms with Crippen molar-refractivity contribution in [3.63, 3.8) is 0 Å². The molecule has 5 nitrogen and oxygen atoms in total. The molecular formula is C33H40O5. The largest absolute Gasteiger partial charge is 0.460 e. The van der Waals surface area contributed by atoms with Gasteiger partial charge in [-0.05, 0) is 64.7 Å². The first-order valence-corrected chi connectivity index (χ1v) is 13.1. The van der Waals surface area contributed by atoms with Gasteiger partial charge in [0.15, 0.2) is 0 Å². The number of esters is 2. The summed E-state index contributed by atoms with van der Waals surface area (Å²) in [6.45, 7) is 10.4. The molecular weight excluding hydrogens is 476 g/mol. The van der Waals surface area contributed by atoms with Gasteiger partial charge in [-0.15, -0.1) is 0 Å². The minimum absolute atomic E-state index is 0.0268. The molecule has 3 aromatic rings. The highest BCUT2D eigenvalue weighted by Gasteiger charge is 2.50. The number of aliphatic hydroxyl groups is 1. The summed E-state index contributed by atoms with van der Waals surface area (Å²) in [6, 6.07) is 29.5. The Kier molecular flexibility index (Phi) is 9.16. The van der Waals surface area contributed by atoms with Crippen molar-refractivity contribution >= 4 is 11.9 Å². The number of ether oxygens (including phenoxy) is 2. The molecule has 0 amide bonds. The molecule has 1 N–H and O–H groups in total. The summed E-state index contributed by atoms with van der Waals surface area (Å²) in [4.78, 5) is 27.5. The van der Waals surface area contributed by atoms with Crippen LogP contribution in [-0.2, 0) is 24.5 Å². The zero-order valence-electron chi connectivity index (χ0n) is 23.3. The monoisotopic (exact) mass is 516 g/mol. The minimum atomic E-state index is -1.01. The molecule has 2 atom stereocenters. The van der Waals surface area contributed by atoms with Crippen LogP contribution in [0.2, 0.25) is 0 Å². The average Bonchev–Trinajstić information content (AvgIpc) is 2.86. The Labute approximate surface area is 226 Å². The quantitative estimate of drug-likeness (QED) is 0.266. The third-order valence-corrected chi connectivity index (χ3v) is 6.38. The molecule has 0 fully saturated rings. The summed E-state index contributed by atoms with van der Waals surface area (Å²) in [5, 5.41) is 10.4. The molecule has 0 radical (unpaired) electrons. The van der Waals surface area contributed by atoms with E-state index in [0.717, 1.165) is 16.7 Å². The molecule has 202 valence electrons. The maximum atomic E-state index is 14.2. The molecule has 0 aliphatic carbocycles. The molecule has 0 aliphatic rings. The third kappa shape index (κ3) is 6.90. The molecule has 2 unspecified atom stereocenters. The van der Waals surface area contributed by atoms with Gasteiger partial charge in [-0.2, -0.15) is 0 Å². The number of aliphatic hydroxyl groups excluding tert-OH is 1. The van der Waals surface area contributed by atoms with E-state index >= 15 is 0 Å². The molecule has 0 aromatic heterocycles. The topological polar surface area (TPSA) is 72.8 Å². The van der Waals surface area contributed by atoms with Crippen molar-refractivity contribution in [2.75, 3.05) is 6.61 Å². The Bertz CT molecular complexity index is 1080. The molecule has 3 aromatic carbocycles. The number of carbonyl (C=O) groups is 2. The van der Waals surface area contributed by atoms with Crippen molar-refractivity contribution in [2.24, 2.45) is 11.8 Å². The first-order chi connectivity index (χ1) is 17.9. The van der Waals surface area contributed by atoms with E-state index in [2.05, 4.69) is 0 Å². The summed E-state index contributed by atoms with van der Waals surface area (Å²) in [5.41, 5.74) is 0.145. The van der Waals surface area contributed by atoms with Crippen LogP contribution in [0.15, 0.2) is 91.0 Å². The van der Waals surface area contributed by atoms with Gasteiger partial charge in [-0.1, -0.05) is 91.0 Å². The van der Waals surface area contributed by atoms with Gasteiger partial charge in [0.1, 0.15) is 11.2 Å². The van der Waals surface area contributed by atoms with Gasteiger partial charge < -0.3 is 14.6 Å². The lowest BCUT2D eigenvalue weighted by atomic mass is 9.60. The van der Waals surface area contributed by atoms with Gasteiger partial charge in [0, 0.05) is 0 Å². The van der Waals surface area contributed by atoms with Gasteiger partial charge in [-0.25, -0.2) is 0 Å². The second-order valence-electron chi connectivity index (χ2n) is 11.6. The summed E-state index contributed by atoms with van der Waals surface area (Å²) in [6.07, 6.45) is 0.0268. The highest BCUT2D eigenvalue weighted by atomic mass is 16.6. The van der Waals surface area contributed by atoms with Gasteiger partial charge in [0.25, 0.3) is 0 Å². The third-order valence-electron chi connectivity index (χ3n) is 6.38. The molecule has 0 spiro atoms. The SMILES string of the molecule is CC(C)(C)OC(=O)C(CO)CC(C(=O)OC(C)(C)C)C(c1ccccc1)(c1ccccc1)c1ccccc1. The highest BCUT2D eigenvalue weighted by molar-refractivity contribution is 5.80. The predicted molar refractivity (Wildman–Crippen MR) is 150 cm³/mol. The van der Waals surface area contributed by atoms with Crippen LogP contribution in [0.4, 0.5) is 0 Å². The molecule has 0 saturated heterocycles. The van der Waals surface area contributed by atoms with Crippen molar-refractivity contribution in [2.45, 2.75) is 64.6 Å². The Balaban J connectivity index is 2.34. The molecule has 38 heavy (non-hydrogen) atoms. The van der Waals surface area contributed by atoms with E-state index in [1.165, 1.54) is 0 Å². The summed E-state index contributed by atoms with van der Waals surface area (Å²) >= 11 is 0. The van der Waals surface area contributed by atoms with E-state index in [4.69, 9.17) is 9.47 Å². The van der Waals surface area contributed by atoms with Crippen LogP contribution in [-0.4, -0.2) is 34.9 Å². The van der Waals surface area contributed by atoms with Gasteiger partial charge in [0.05, 0.1) is 23.9 Å². The lowest BCUT2D eigenvalue weighted by Gasteiger charge is -2.43. The van der Waals surface area contributed by atoms with Crippen molar-refractivity contribution in [1.29, 1.82) is 0 Å². The number of hydrogen-bond acceptors (Lipinski definition) is 5. The van der Waals surface area contributed by atoms with E-state index in [1.54, 1.807) is 20.8 Å². The van der Waals surface area contributed by atoms with Crippen molar-refractivity contribution in [3.8, 4) is 0 Å². The Hall–Kier alpha value is -3.44. The molecule has 5 heteroatoms. The Morgan fingerprint density at radius 2 is 0.974 bits per heavy atom. The molecule has 0 bridgehead atoms. The van der Waals surface area contributed by atoms with E-state index in [0.29, 0.717) is 0 Å². The Morgan fingerprint density at radius 3 is 1.29 bits per heavy atom. The fourth-order valence-corrected chi connectivity index (χ4v) is 4.94. The summed E-state index contributed by atoms with van der Waals surface area (Å²) in [7, 11) is 0. The summed E-state index contributed by atoms with van der Waals surface area (Å²) in [5.74, 6) is -2.78. The first kappa shape index (κ1) is 29.1. The lowest BCUT2D eigenvalue weighted by molar-refractivity contribution is -0.166. The molecule has 0 heterocycles. The fourth-order valence-electron chi connectivity index (χ4n) is 4.94. The average molecular weight is 517 g/mol. The fraction of sp³-hybridized carbons (Fsp3) is 0.394. The van der Waals surface area contributed by atoms with E-state index < -0.39 is 47.0 Å². The van der Waals surface area contributed by atoms with E-state index in [9.17, 15) is 14.7 Å². The van der Waals surface area contributed by atoms with Crippen molar-refractivity contribution in [3.05, 3.63) is 108 Å². The van der Waals surface area contributed by atoms with Gasteiger partial charge in [0.2, 0.25) is 0 Å². The van der Waals surface area contributed by atoms with Gasteiger partial charge in [-0.3, -0.25) is 9.59 Å². The first-order valence-electron chi connectivity index (χ1n) is 13.1. The van der Waals surface area contributed by atoms with Crippen LogP contribution in [0.25, 0.3) is 0 Å². The van der Waals surface area contributed by atoms with Crippen molar-refractivity contribution < 1.29 is 24.2 Å². The zero-order valence-corrected chi connectivity index (χ0v) is 23.3. The zero-order chi connectivity index (χ0) is 28.0. The van der Waals surface area contributed by atoms with E-state index in [-0.39, 0.29) is 6.42 Å². The number of benzene rings is 3. The van der Waals surface area contributed by atoms with Crippen LogP contribution in [0.3, 0.4) is 0 Å². The van der Waals surface area contributed by atoms with Crippen LogP contribution in [0.5, 0.6) is 0 Å². The van der Waals surface area contributed by atoms with Crippen molar-refractivity contribution in [1.82, 2.24) is 0 Å². The van der Waals surface area contributed by atoms with Gasteiger partial charge >= 0.3 is 11.9 Å². The second kappa shape index (κ2) is 12.0. The normalized spacial score (nSPS) is 13.9. The molecule has 0 saturated carbocycles. The summed E-state index contributed by atoms with van der Waals surface area (Å²) < 4.78 is 11.7. The molecule has 0 aliphatic heterocycles. The van der Waals surface area contributed by atoms with Crippen LogP contribution in [0.1, 0.15) is 64.7 Å². The lowest BCUT2D eigenvalue weighted by Crippen LogP contribution is -2.47. The maximum Gasteiger partial charge on any atom is 0.311 e. The predicted octanol–water partition coefficient (Wildman–Crippen LogP) is 6.32. The highest BCUT2D eigenvalue weighted by Crippen LogP contribution is 2.48. The number of rotatable bonds is 9. The molecule has 3 rings (SSSR count). The standard InChI is InChI=1S/C33H40O5/c1-31(2,3)37-29(35)24(23-34)22-28(30(36)38-32(4,5)6)33(25-16-10-7-11-17-25,26-18-12-8-13-19-26)27-20-14-9-15-21-27/h7-21,24,28,34H,22-23H2,1-6H3. The maximum absolute atomic E-state index is 14.2. The number of carbonyl (C=O) groups excluding carboxylic acids is 2.